The molecule has 0 aliphatic heterocycles. The number of nitrogens with zero attached hydrogens (tertiary/aromatic N) is 1. The van der Waals surface area contributed by atoms with E-state index in [0.29, 0.717) is 17.0 Å². The van der Waals surface area contributed by atoms with E-state index >= 15 is 0 Å². The third-order valence-electron chi connectivity index (χ3n) is 6.14. The van der Waals surface area contributed by atoms with Crippen LogP contribution in [0.2, 0.25) is 0 Å². The number of carbonyl (C=O) groups is 3. The number of rotatable bonds is 8. The Bertz CT molecular complexity index is 1170. The second-order valence-electron chi connectivity index (χ2n) is 8.36. The number of amides is 2. The van der Waals surface area contributed by atoms with Gasteiger partial charge < -0.3 is 19.2 Å². The van der Waals surface area contributed by atoms with Gasteiger partial charge in [0, 0.05) is 11.7 Å². The molecule has 1 aliphatic carbocycles. The molecule has 1 N–H and O–H groups in total. The summed E-state index contributed by atoms with van der Waals surface area (Å²) in [7, 11) is 2.85. The Morgan fingerprint density at radius 1 is 1.00 bits per heavy atom. The molecule has 1 atom stereocenters. The molecule has 3 aromatic rings. The van der Waals surface area contributed by atoms with E-state index in [9.17, 15) is 14.4 Å². The highest BCUT2D eigenvalue weighted by atomic mass is 16.5. The van der Waals surface area contributed by atoms with Crippen LogP contribution in [0.15, 0.2) is 71.3 Å². The molecule has 1 saturated carbocycles. The van der Waals surface area contributed by atoms with Crippen molar-refractivity contribution < 1.29 is 28.3 Å². The molecule has 2 aromatic carbocycles. The fourth-order valence-corrected chi connectivity index (χ4v) is 4.36. The van der Waals surface area contributed by atoms with Gasteiger partial charge in [-0.2, -0.15) is 0 Å². The van der Waals surface area contributed by atoms with Crippen LogP contribution >= 0.6 is 0 Å². The van der Waals surface area contributed by atoms with Crippen LogP contribution in [0.25, 0.3) is 0 Å². The Labute approximate surface area is 203 Å². The van der Waals surface area contributed by atoms with Gasteiger partial charge in [0.05, 0.1) is 26.0 Å². The van der Waals surface area contributed by atoms with Crippen molar-refractivity contribution in [3.05, 3.63) is 83.8 Å². The summed E-state index contributed by atoms with van der Waals surface area (Å²) in [5, 5.41) is 3.12. The van der Waals surface area contributed by atoms with E-state index < -0.39 is 17.9 Å². The van der Waals surface area contributed by atoms with Crippen molar-refractivity contribution >= 4 is 23.5 Å². The fourth-order valence-electron chi connectivity index (χ4n) is 4.36. The molecule has 0 radical (unpaired) electrons. The number of hydrogen-bond donors (Lipinski definition) is 1. The average Bonchev–Trinajstić information content (AvgIpc) is 3.61. The third-order valence-corrected chi connectivity index (χ3v) is 6.14. The van der Waals surface area contributed by atoms with Crippen molar-refractivity contribution in [1.29, 1.82) is 0 Å². The molecule has 182 valence electrons. The van der Waals surface area contributed by atoms with Crippen molar-refractivity contribution in [3.8, 4) is 5.75 Å². The molecule has 35 heavy (non-hydrogen) atoms. The van der Waals surface area contributed by atoms with Crippen LogP contribution in [0.1, 0.15) is 58.2 Å². The average molecular weight is 477 g/mol. The minimum absolute atomic E-state index is 0.0465. The highest BCUT2D eigenvalue weighted by Crippen LogP contribution is 2.32. The first-order chi connectivity index (χ1) is 17.0. The lowest BCUT2D eigenvalue weighted by molar-refractivity contribution is -0.123. The summed E-state index contributed by atoms with van der Waals surface area (Å²) in [6.45, 7) is 0. The van der Waals surface area contributed by atoms with Crippen LogP contribution in [-0.4, -0.2) is 38.0 Å². The summed E-state index contributed by atoms with van der Waals surface area (Å²) in [4.78, 5) is 41.1. The Morgan fingerprint density at radius 3 is 2.37 bits per heavy atom. The van der Waals surface area contributed by atoms with Gasteiger partial charge in [-0.15, -0.1) is 0 Å². The molecular formula is C27H28N2O6. The SMILES string of the molecule is COC(=O)c1cccc(N(C(=O)c2ccco2)[C@H](C(=O)NC2CCCC2)c2ccc(OC)cc2)c1. The summed E-state index contributed by atoms with van der Waals surface area (Å²) < 4.78 is 15.5. The largest absolute Gasteiger partial charge is 0.497 e. The zero-order valence-corrected chi connectivity index (χ0v) is 19.7. The summed E-state index contributed by atoms with van der Waals surface area (Å²) in [5.74, 6) is -0.681. The Morgan fingerprint density at radius 2 is 1.74 bits per heavy atom. The number of carbonyl (C=O) groups excluding carboxylic acids is 3. The number of anilines is 1. The van der Waals surface area contributed by atoms with E-state index in [-0.39, 0.29) is 23.3 Å². The number of esters is 1. The van der Waals surface area contributed by atoms with Gasteiger partial charge in [0.25, 0.3) is 5.91 Å². The molecule has 1 aliphatic rings. The molecule has 8 nitrogen and oxygen atoms in total. The summed E-state index contributed by atoms with van der Waals surface area (Å²) in [6.07, 6.45) is 5.29. The number of methoxy groups -OCH3 is 2. The monoisotopic (exact) mass is 476 g/mol. The highest BCUT2D eigenvalue weighted by molar-refractivity contribution is 6.09. The van der Waals surface area contributed by atoms with E-state index in [1.54, 1.807) is 61.7 Å². The molecule has 0 unspecified atom stereocenters. The van der Waals surface area contributed by atoms with Crippen LogP contribution in [0.3, 0.4) is 0 Å². The van der Waals surface area contributed by atoms with Crippen LogP contribution in [0.5, 0.6) is 5.75 Å². The number of furan rings is 1. The van der Waals surface area contributed by atoms with Crippen LogP contribution in [-0.2, 0) is 9.53 Å². The van der Waals surface area contributed by atoms with Crippen molar-refractivity contribution in [3.63, 3.8) is 0 Å². The predicted molar refractivity (Wildman–Crippen MR) is 129 cm³/mol. The topological polar surface area (TPSA) is 98.1 Å². The second-order valence-corrected chi connectivity index (χ2v) is 8.36. The molecule has 0 spiro atoms. The zero-order valence-electron chi connectivity index (χ0n) is 19.7. The summed E-state index contributed by atoms with van der Waals surface area (Å²) >= 11 is 0. The first-order valence-corrected chi connectivity index (χ1v) is 11.5. The zero-order chi connectivity index (χ0) is 24.8. The first kappa shape index (κ1) is 24.1. The van der Waals surface area contributed by atoms with Crippen molar-refractivity contribution in [2.24, 2.45) is 0 Å². The molecule has 1 fully saturated rings. The highest BCUT2D eigenvalue weighted by Gasteiger charge is 2.36. The molecule has 8 heteroatoms. The maximum Gasteiger partial charge on any atom is 0.337 e. The van der Waals surface area contributed by atoms with E-state index in [1.165, 1.54) is 24.3 Å². The Balaban J connectivity index is 1.83. The standard InChI is InChI=1S/C27H28N2O6/c1-33-22-14-12-18(13-15-22)24(25(30)28-20-8-3-4-9-20)29(26(31)23-11-6-16-35-23)21-10-5-7-19(17-21)27(32)34-2/h5-7,10-17,20,24H,3-4,8-9H2,1-2H3,(H,28,30)/t24-/m0/s1. The van der Waals surface area contributed by atoms with E-state index in [0.717, 1.165) is 25.7 Å². The summed E-state index contributed by atoms with van der Waals surface area (Å²) in [6, 6.07) is 15.6. The molecular weight excluding hydrogens is 448 g/mol. The van der Waals surface area contributed by atoms with Crippen molar-refractivity contribution in [1.82, 2.24) is 5.32 Å². The lowest BCUT2D eigenvalue weighted by Gasteiger charge is -2.32. The second kappa shape index (κ2) is 10.9. The number of benzene rings is 2. The molecule has 4 rings (SSSR count). The van der Waals surface area contributed by atoms with Gasteiger partial charge in [-0.1, -0.05) is 31.0 Å². The maximum absolute atomic E-state index is 13.8. The van der Waals surface area contributed by atoms with E-state index in [1.807, 2.05) is 0 Å². The molecule has 2 amide bonds. The number of hydrogen-bond acceptors (Lipinski definition) is 6. The van der Waals surface area contributed by atoms with Gasteiger partial charge in [0.2, 0.25) is 5.91 Å². The van der Waals surface area contributed by atoms with Crippen molar-refractivity contribution in [2.75, 3.05) is 19.1 Å². The van der Waals surface area contributed by atoms with Gasteiger partial charge in [0.1, 0.15) is 11.8 Å². The molecule has 0 bridgehead atoms. The smallest absolute Gasteiger partial charge is 0.337 e. The maximum atomic E-state index is 13.8. The fraction of sp³-hybridized carbons (Fsp3) is 0.296. The minimum atomic E-state index is -1.02. The lowest BCUT2D eigenvalue weighted by Crippen LogP contribution is -2.46. The quantitative estimate of drug-likeness (QED) is 0.480. The molecule has 0 saturated heterocycles. The Kier molecular flexibility index (Phi) is 7.50. The van der Waals surface area contributed by atoms with Gasteiger partial charge in [0.15, 0.2) is 5.76 Å². The van der Waals surface area contributed by atoms with Crippen LogP contribution in [0, 0.1) is 0 Å². The molecule has 1 aromatic heterocycles. The molecule has 1 heterocycles. The van der Waals surface area contributed by atoms with Gasteiger partial charge in [-0.25, -0.2) is 4.79 Å². The lowest BCUT2D eigenvalue weighted by atomic mass is 10.0. The Hall–Kier alpha value is -4.07. The third kappa shape index (κ3) is 5.37. The van der Waals surface area contributed by atoms with E-state index in [2.05, 4.69) is 5.32 Å². The van der Waals surface area contributed by atoms with Gasteiger partial charge in [-0.05, 0) is 60.9 Å². The normalized spacial score (nSPS) is 14.2. The van der Waals surface area contributed by atoms with Crippen molar-refractivity contribution in [2.45, 2.75) is 37.8 Å². The van der Waals surface area contributed by atoms with Gasteiger partial charge >= 0.3 is 5.97 Å². The predicted octanol–water partition coefficient (Wildman–Crippen LogP) is 4.52. The first-order valence-electron chi connectivity index (χ1n) is 11.5. The van der Waals surface area contributed by atoms with E-state index in [4.69, 9.17) is 13.9 Å². The number of nitrogens with one attached hydrogen (secondary N) is 1. The van der Waals surface area contributed by atoms with Gasteiger partial charge in [-0.3, -0.25) is 14.5 Å². The minimum Gasteiger partial charge on any atom is -0.497 e. The summed E-state index contributed by atoms with van der Waals surface area (Å²) in [5.41, 5.74) is 1.20. The van der Waals surface area contributed by atoms with Crippen LogP contribution in [0.4, 0.5) is 5.69 Å². The van der Waals surface area contributed by atoms with Crippen LogP contribution < -0.4 is 15.0 Å². The number of ether oxygens (including phenoxy) is 2.